The molecule has 4 aromatic rings. The van der Waals surface area contributed by atoms with Gasteiger partial charge < -0.3 is 40.2 Å². The van der Waals surface area contributed by atoms with Crippen molar-refractivity contribution >= 4 is 17.9 Å². The largest absolute Gasteiger partial charge is 0.508 e. The average molecular weight is 611 g/mol. The lowest BCUT2D eigenvalue weighted by molar-refractivity contribution is -0.134. The van der Waals surface area contributed by atoms with Crippen LogP contribution in [0.15, 0.2) is 91.0 Å². The Bertz CT molecular complexity index is 1670. The number of hydrogen-bond acceptors (Lipinski definition) is 8. The molecule has 45 heavy (non-hydrogen) atoms. The average Bonchev–Trinajstić information content (AvgIpc) is 3.04. The number of carbonyl (C=O) groups excluding carboxylic acids is 2. The lowest BCUT2D eigenvalue weighted by Crippen LogP contribution is -2.46. The molecule has 5 N–H and O–H groups in total. The number of nitrogens with one attached hydrogen (secondary N) is 2. The number of rotatable bonds is 11. The Balaban J connectivity index is 1.28. The highest BCUT2D eigenvalue weighted by Gasteiger charge is 2.38. The van der Waals surface area contributed by atoms with Crippen molar-refractivity contribution in [3.05, 3.63) is 113 Å². The monoisotopic (exact) mass is 610 g/mol. The van der Waals surface area contributed by atoms with Crippen LogP contribution in [0, 0.1) is 0 Å². The number of aromatic hydroxyl groups is 3. The maximum Gasteiger partial charge on any atom is 0.265 e. The number of phenols is 3. The fraction of sp³-hybridized carbons (Fsp3) is 0.200. The molecule has 10 nitrogen and oxygen atoms in total. The number of methoxy groups -OCH3 is 1. The highest BCUT2D eigenvalue weighted by Crippen LogP contribution is 2.41. The van der Waals surface area contributed by atoms with E-state index in [2.05, 4.69) is 10.6 Å². The van der Waals surface area contributed by atoms with Crippen LogP contribution >= 0.6 is 0 Å². The number of phenolic OH excluding ortho intramolecular Hbond substituents is 3. The van der Waals surface area contributed by atoms with Gasteiger partial charge in [-0.25, -0.2) is 0 Å². The molecule has 0 radical (unpaired) electrons. The van der Waals surface area contributed by atoms with Gasteiger partial charge >= 0.3 is 0 Å². The summed E-state index contributed by atoms with van der Waals surface area (Å²) in [4.78, 5) is 25.9. The zero-order valence-electron chi connectivity index (χ0n) is 24.6. The smallest absolute Gasteiger partial charge is 0.265 e. The van der Waals surface area contributed by atoms with Crippen LogP contribution in [0.1, 0.15) is 28.4 Å². The first-order valence-electron chi connectivity index (χ1n) is 14.4. The second-order valence-electron chi connectivity index (χ2n) is 10.5. The standard InChI is InChI=1S/C35H34N2O8/c1-43-29-20-25(19-28(40)21-29)33-34(35(42)37-17-15-23-4-10-27(39)11-5-23)45-31-18-24(6-12-30(31)44-33)7-13-32(41)36-16-14-22-2-8-26(38)9-3-22/h2-13,18-21,33-34,38-40H,14-17H2,1H3,(H,36,41)(H,37,42)/b13-7+/t33-,34-/m1/s1. The zero-order valence-corrected chi connectivity index (χ0v) is 24.6. The Morgan fingerprint density at radius 3 is 2.04 bits per heavy atom. The maximum absolute atomic E-state index is 13.5. The van der Waals surface area contributed by atoms with E-state index in [9.17, 15) is 24.9 Å². The summed E-state index contributed by atoms with van der Waals surface area (Å²) >= 11 is 0. The molecule has 5 rings (SSSR count). The zero-order chi connectivity index (χ0) is 31.8. The highest BCUT2D eigenvalue weighted by molar-refractivity contribution is 5.91. The van der Waals surface area contributed by atoms with E-state index >= 15 is 0 Å². The predicted molar refractivity (Wildman–Crippen MR) is 168 cm³/mol. The molecule has 1 aliphatic rings. The molecule has 2 amide bonds. The van der Waals surface area contributed by atoms with Crippen molar-refractivity contribution in [3.63, 3.8) is 0 Å². The predicted octanol–water partition coefficient (Wildman–Crippen LogP) is 4.42. The SMILES string of the molecule is COc1cc(O)cc([C@H]2Oc3ccc(/C=C/C(=O)NCCc4ccc(O)cc4)cc3O[C@H]2C(=O)NCCc2ccc(O)cc2)c1. The summed E-state index contributed by atoms with van der Waals surface area (Å²) < 4.78 is 17.8. The summed E-state index contributed by atoms with van der Waals surface area (Å²) in [6.07, 6.45) is 2.20. The van der Waals surface area contributed by atoms with Gasteiger partial charge in [0.1, 0.15) is 23.0 Å². The van der Waals surface area contributed by atoms with Gasteiger partial charge in [-0.2, -0.15) is 0 Å². The van der Waals surface area contributed by atoms with Crippen LogP contribution in [-0.4, -0.2) is 53.4 Å². The summed E-state index contributed by atoms with van der Waals surface area (Å²) in [5.74, 6) is 0.739. The number of amides is 2. The van der Waals surface area contributed by atoms with E-state index < -0.39 is 18.1 Å². The Morgan fingerprint density at radius 1 is 0.756 bits per heavy atom. The van der Waals surface area contributed by atoms with Crippen LogP contribution in [-0.2, 0) is 22.4 Å². The normalized spacial score (nSPS) is 15.4. The van der Waals surface area contributed by atoms with Crippen LogP contribution < -0.4 is 24.8 Å². The third kappa shape index (κ3) is 8.26. The molecular weight excluding hydrogens is 576 g/mol. The second kappa shape index (κ2) is 14.2. The topological polar surface area (TPSA) is 147 Å². The van der Waals surface area contributed by atoms with Gasteiger partial charge in [0.05, 0.1) is 7.11 Å². The van der Waals surface area contributed by atoms with E-state index in [0.717, 1.165) is 11.1 Å². The van der Waals surface area contributed by atoms with E-state index in [4.69, 9.17) is 14.2 Å². The molecule has 0 saturated heterocycles. The highest BCUT2D eigenvalue weighted by atomic mass is 16.6. The number of carbonyl (C=O) groups is 2. The fourth-order valence-corrected chi connectivity index (χ4v) is 4.85. The van der Waals surface area contributed by atoms with Gasteiger partial charge in [0.2, 0.25) is 12.0 Å². The number of benzene rings is 4. The Labute approximate surface area is 260 Å². The van der Waals surface area contributed by atoms with E-state index in [0.29, 0.717) is 54.3 Å². The van der Waals surface area contributed by atoms with E-state index in [1.165, 1.54) is 25.3 Å². The number of ether oxygens (including phenoxy) is 3. The van der Waals surface area contributed by atoms with Crippen molar-refractivity contribution in [1.29, 1.82) is 0 Å². The fourth-order valence-electron chi connectivity index (χ4n) is 4.85. The lowest BCUT2D eigenvalue weighted by Gasteiger charge is -2.33. The van der Waals surface area contributed by atoms with Crippen molar-refractivity contribution in [1.82, 2.24) is 10.6 Å². The summed E-state index contributed by atoms with van der Waals surface area (Å²) in [5, 5.41) is 34.9. The molecule has 1 aliphatic heterocycles. The molecule has 2 atom stereocenters. The van der Waals surface area contributed by atoms with Gasteiger partial charge in [0.15, 0.2) is 17.6 Å². The first-order chi connectivity index (χ1) is 21.8. The molecule has 1 heterocycles. The third-order valence-electron chi connectivity index (χ3n) is 7.21. The van der Waals surface area contributed by atoms with Gasteiger partial charge in [-0.15, -0.1) is 0 Å². The molecule has 0 saturated carbocycles. The minimum atomic E-state index is -1.11. The molecule has 4 aromatic carbocycles. The van der Waals surface area contributed by atoms with Gasteiger partial charge in [-0.3, -0.25) is 9.59 Å². The van der Waals surface area contributed by atoms with Crippen molar-refractivity contribution in [2.75, 3.05) is 20.2 Å². The van der Waals surface area contributed by atoms with Crippen molar-refractivity contribution in [2.45, 2.75) is 25.0 Å². The van der Waals surface area contributed by atoms with E-state index in [1.54, 1.807) is 78.9 Å². The van der Waals surface area contributed by atoms with Gasteiger partial charge in [-0.1, -0.05) is 30.3 Å². The molecule has 0 unspecified atom stereocenters. The summed E-state index contributed by atoms with van der Waals surface area (Å²) in [7, 11) is 1.48. The van der Waals surface area contributed by atoms with Crippen LogP contribution in [0.4, 0.5) is 0 Å². The summed E-state index contributed by atoms with van der Waals surface area (Å²) in [6, 6.07) is 23.3. The van der Waals surface area contributed by atoms with Crippen molar-refractivity contribution in [3.8, 4) is 34.5 Å². The molecule has 0 fully saturated rings. The molecule has 10 heteroatoms. The summed E-state index contributed by atoms with van der Waals surface area (Å²) in [6.45, 7) is 0.747. The second-order valence-corrected chi connectivity index (χ2v) is 10.5. The first-order valence-corrected chi connectivity index (χ1v) is 14.4. The van der Waals surface area contributed by atoms with Crippen LogP contribution in [0.5, 0.6) is 34.5 Å². The van der Waals surface area contributed by atoms with E-state index in [1.807, 2.05) is 0 Å². The van der Waals surface area contributed by atoms with Crippen LogP contribution in [0.25, 0.3) is 6.08 Å². The van der Waals surface area contributed by atoms with Gasteiger partial charge in [-0.05, 0) is 84.1 Å². The quantitative estimate of drug-likeness (QED) is 0.157. The molecule has 0 aromatic heterocycles. The Hall–Kier alpha value is -5.64. The van der Waals surface area contributed by atoms with Gasteiger partial charge in [0, 0.05) is 30.8 Å². The minimum absolute atomic E-state index is 0.0490. The van der Waals surface area contributed by atoms with Crippen LogP contribution in [0.2, 0.25) is 0 Å². The first kappa shape index (κ1) is 30.8. The maximum atomic E-state index is 13.5. The summed E-state index contributed by atoms with van der Waals surface area (Å²) in [5.41, 5.74) is 3.08. The van der Waals surface area contributed by atoms with Crippen molar-refractivity contribution in [2.24, 2.45) is 0 Å². The number of fused-ring (bicyclic) bond motifs is 1. The van der Waals surface area contributed by atoms with Crippen molar-refractivity contribution < 1.29 is 39.1 Å². The molecule has 0 bridgehead atoms. The lowest BCUT2D eigenvalue weighted by atomic mass is 10.0. The van der Waals surface area contributed by atoms with Gasteiger partial charge in [0.25, 0.3) is 5.91 Å². The van der Waals surface area contributed by atoms with E-state index in [-0.39, 0.29) is 23.2 Å². The molecule has 232 valence electrons. The molecular formula is C35H34N2O8. The van der Waals surface area contributed by atoms with Crippen LogP contribution in [0.3, 0.4) is 0 Å². The molecule has 0 spiro atoms. The number of hydrogen-bond donors (Lipinski definition) is 5. The Morgan fingerprint density at radius 2 is 1.40 bits per heavy atom. The minimum Gasteiger partial charge on any atom is -0.508 e. The Kier molecular flexibility index (Phi) is 9.74. The molecule has 0 aliphatic carbocycles. The third-order valence-corrected chi connectivity index (χ3v) is 7.21.